The van der Waals surface area contributed by atoms with E-state index in [1.54, 1.807) is 0 Å². The molecule has 0 aliphatic carbocycles. The van der Waals surface area contributed by atoms with Crippen LogP contribution in [0.15, 0.2) is 30.3 Å². The summed E-state index contributed by atoms with van der Waals surface area (Å²) in [4.78, 5) is 11.7. The maximum atomic E-state index is 11.7. The first-order chi connectivity index (χ1) is 8.86. The van der Waals surface area contributed by atoms with Crippen molar-refractivity contribution in [2.45, 2.75) is 25.3 Å². The molecule has 4 heteroatoms. The number of ether oxygens (including phenoxy) is 2. The lowest BCUT2D eigenvalue weighted by Gasteiger charge is -2.21. The van der Waals surface area contributed by atoms with E-state index in [4.69, 9.17) is 9.47 Å². The fourth-order valence-electron chi connectivity index (χ4n) is 1.97. The number of hydrogen-bond donors (Lipinski definition) is 1. The highest BCUT2D eigenvalue weighted by Crippen LogP contribution is 2.09. The summed E-state index contributed by atoms with van der Waals surface area (Å²) in [6.07, 6.45) is 3.10. The first-order valence-electron chi connectivity index (χ1n) is 6.44. The van der Waals surface area contributed by atoms with Gasteiger partial charge < -0.3 is 14.8 Å². The molecule has 1 atom stereocenters. The molecule has 18 heavy (non-hydrogen) atoms. The van der Waals surface area contributed by atoms with E-state index >= 15 is 0 Å². The monoisotopic (exact) mass is 249 g/mol. The normalized spacial score (nSPS) is 19.2. The molecule has 1 N–H and O–H groups in total. The van der Waals surface area contributed by atoms with Crippen molar-refractivity contribution in [3.63, 3.8) is 0 Å². The van der Waals surface area contributed by atoms with Crippen molar-refractivity contribution in [3.8, 4) is 5.75 Å². The van der Waals surface area contributed by atoms with Gasteiger partial charge in [0.05, 0.1) is 0 Å². The molecule has 0 radical (unpaired) electrons. The minimum Gasteiger partial charge on any atom is -0.490 e. The molecule has 1 heterocycles. The average Bonchev–Trinajstić information content (AvgIpc) is 2.45. The van der Waals surface area contributed by atoms with Crippen LogP contribution < -0.4 is 10.1 Å². The van der Waals surface area contributed by atoms with Crippen molar-refractivity contribution in [3.05, 3.63) is 30.3 Å². The SMILES string of the molecule is O=C(OCCOc1ccccc1)[C@H]1CCCCN1. The predicted molar refractivity (Wildman–Crippen MR) is 68.5 cm³/mol. The zero-order valence-electron chi connectivity index (χ0n) is 10.4. The Kier molecular flexibility index (Phi) is 5.02. The molecular weight excluding hydrogens is 230 g/mol. The Hall–Kier alpha value is -1.55. The Bertz CT molecular complexity index is 361. The van der Waals surface area contributed by atoms with Gasteiger partial charge in [-0.25, -0.2) is 0 Å². The van der Waals surface area contributed by atoms with Gasteiger partial charge in [0, 0.05) is 0 Å². The Labute approximate surface area is 107 Å². The highest BCUT2D eigenvalue weighted by Gasteiger charge is 2.21. The quantitative estimate of drug-likeness (QED) is 0.638. The summed E-state index contributed by atoms with van der Waals surface area (Å²) in [6.45, 7) is 1.59. The fraction of sp³-hybridized carbons (Fsp3) is 0.500. The van der Waals surface area contributed by atoms with Crippen LogP contribution in [-0.2, 0) is 9.53 Å². The van der Waals surface area contributed by atoms with Gasteiger partial charge in [0.2, 0.25) is 0 Å². The highest BCUT2D eigenvalue weighted by atomic mass is 16.6. The standard InChI is InChI=1S/C14H19NO3/c16-14(13-8-4-5-9-15-13)18-11-10-17-12-6-2-1-3-7-12/h1-3,6-7,13,15H,4-5,8-11H2/t13-/m1/s1. The van der Waals surface area contributed by atoms with E-state index in [9.17, 15) is 4.79 Å². The van der Waals surface area contributed by atoms with E-state index in [1.165, 1.54) is 0 Å². The molecule has 0 spiro atoms. The zero-order valence-corrected chi connectivity index (χ0v) is 10.4. The minimum atomic E-state index is -0.161. The van der Waals surface area contributed by atoms with Crippen LogP contribution in [0.3, 0.4) is 0 Å². The number of piperidine rings is 1. The van der Waals surface area contributed by atoms with Crippen LogP contribution in [0, 0.1) is 0 Å². The summed E-state index contributed by atoms with van der Waals surface area (Å²) in [5.41, 5.74) is 0. The Morgan fingerprint density at radius 3 is 2.78 bits per heavy atom. The van der Waals surface area contributed by atoms with E-state index in [1.807, 2.05) is 30.3 Å². The summed E-state index contributed by atoms with van der Waals surface area (Å²) >= 11 is 0. The van der Waals surface area contributed by atoms with Gasteiger partial charge in [-0.3, -0.25) is 4.79 Å². The number of carbonyl (C=O) groups excluding carboxylic acids is 1. The summed E-state index contributed by atoms with van der Waals surface area (Å²) in [5.74, 6) is 0.635. The van der Waals surface area contributed by atoms with Gasteiger partial charge in [-0.2, -0.15) is 0 Å². The van der Waals surface area contributed by atoms with Gasteiger partial charge in [0.15, 0.2) is 0 Å². The second kappa shape index (κ2) is 7.01. The van der Waals surface area contributed by atoms with Gasteiger partial charge in [-0.05, 0) is 31.5 Å². The Morgan fingerprint density at radius 1 is 1.22 bits per heavy atom. The molecule has 0 amide bonds. The number of nitrogens with one attached hydrogen (secondary N) is 1. The molecule has 2 rings (SSSR count). The maximum absolute atomic E-state index is 11.7. The maximum Gasteiger partial charge on any atom is 0.323 e. The molecule has 1 aliphatic rings. The number of benzene rings is 1. The number of carbonyl (C=O) groups is 1. The molecule has 98 valence electrons. The summed E-state index contributed by atoms with van der Waals surface area (Å²) in [5, 5.41) is 3.16. The molecule has 4 nitrogen and oxygen atoms in total. The van der Waals surface area contributed by atoms with Gasteiger partial charge in [-0.1, -0.05) is 24.6 Å². The van der Waals surface area contributed by atoms with Crippen molar-refractivity contribution in [1.29, 1.82) is 0 Å². The summed E-state index contributed by atoms with van der Waals surface area (Å²) in [7, 11) is 0. The van der Waals surface area contributed by atoms with E-state index in [0.29, 0.717) is 13.2 Å². The van der Waals surface area contributed by atoms with Crippen LogP contribution in [-0.4, -0.2) is 31.8 Å². The Balaban J connectivity index is 1.61. The van der Waals surface area contributed by atoms with Crippen molar-refractivity contribution in [1.82, 2.24) is 5.32 Å². The smallest absolute Gasteiger partial charge is 0.323 e. The molecule has 0 unspecified atom stereocenters. The molecule has 1 aromatic rings. The first-order valence-corrected chi connectivity index (χ1v) is 6.44. The largest absolute Gasteiger partial charge is 0.490 e. The lowest BCUT2D eigenvalue weighted by Crippen LogP contribution is -2.41. The lowest BCUT2D eigenvalue weighted by molar-refractivity contribution is -0.147. The predicted octanol–water partition coefficient (Wildman–Crippen LogP) is 1.75. The van der Waals surface area contributed by atoms with E-state index in [0.717, 1.165) is 31.6 Å². The summed E-state index contributed by atoms with van der Waals surface area (Å²) < 4.78 is 10.6. The molecule has 0 aromatic heterocycles. The fourth-order valence-corrected chi connectivity index (χ4v) is 1.97. The molecule has 0 bridgehead atoms. The first kappa shape index (κ1) is 12.9. The molecule has 0 saturated carbocycles. The zero-order chi connectivity index (χ0) is 12.6. The van der Waals surface area contributed by atoms with Crippen molar-refractivity contribution in [2.75, 3.05) is 19.8 Å². The average molecular weight is 249 g/mol. The highest BCUT2D eigenvalue weighted by molar-refractivity contribution is 5.75. The molecular formula is C14H19NO3. The molecule has 1 aromatic carbocycles. The Morgan fingerprint density at radius 2 is 2.06 bits per heavy atom. The second-order valence-electron chi connectivity index (χ2n) is 4.33. The van der Waals surface area contributed by atoms with Crippen LogP contribution in [0.5, 0.6) is 5.75 Å². The number of hydrogen-bond acceptors (Lipinski definition) is 4. The number of esters is 1. The van der Waals surface area contributed by atoms with Crippen LogP contribution in [0.2, 0.25) is 0 Å². The third-order valence-corrected chi connectivity index (χ3v) is 2.93. The summed E-state index contributed by atoms with van der Waals surface area (Å²) in [6, 6.07) is 9.38. The van der Waals surface area contributed by atoms with E-state index in [-0.39, 0.29) is 12.0 Å². The second-order valence-corrected chi connectivity index (χ2v) is 4.33. The topological polar surface area (TPSA) is 47.6 Å². The van der Waals surface area contributed by atoms with Crippen LogP contribution in [0.4, 0.5) is 0 Å². The van der Waals surface area contributed by atoms with Crippen LogP contribution >= 0.6 is 0 Å². The lowest BCUT2D eigenvalue weighted by atomic mass is 10.1. The van der Waals surface area contributed by atoms with E-state index < -0.39 is 0 Å². The van der Waals surface area contributed by atoms with Gasteiger partial charge in [-0.15, -0.1) is 0 Å². The number of para-hydroxylation sites is 1. The van der Waals surface area contributed by atoms with Gasteiger partial charge >= 0.3 is 5.97 Å². The molecule has 1 saturated heterocycles. The number of rotatable bonds is 5. The minimum absolute atomic E-state index is 0.129. The van der Waals surface area contributed by atoms with Crippen molar-refractivity contribution < 1.29 is 14.3 Å². The third-order valence-electron chi connectivity index (χ3n) is 2.93. The third kappa shape index (κ3) is 4.04. The molecule has 1 aliphatic heterocycles. The van der Waals surface area contributed by atoms with Gasteiger partial charge in [0.25, 0.3) is 0 Å². The molecule has 1 fully saturated rings. The van der Waals surface area contributed by atoms with Crippen molar-refractivity contribution in [2.24, 2.45) is 0 Å². The van der Waals surface area contributed by atoms with Gasteiger partial charge in [0.1, 0.15) is 25.0 Å². The van der Waals surface area contributed by atoms with Crippen LogP contribution in [0.1, 0.15) is 19.3 Å². The van der Waals surface area contributed by atoms with Crippen molar-refractivity contribution >= 4 is 5.97 Å². The van der Waals surface area contributed by atoms with Crippen LogP contribution in [0.25, 0.3) is 0 Å². The van der Waals surface area contributed by atoms with E-state index in [2.05, 4.69) is 5.32 Å².